The fourth-order valence-corrected chi connectivity index (χ4v) is 6.33. The van der Waals surface area contributed by atoms with Crippen molar-refractivity contribution in [2.45, 2.75) is 65.7 Å². The Bertz CT molecular complexity index is 1930. The van der Waals surface area contributed by atoms with Crippen molar-refractivity contribution in [3.63, 3.8) is 0 Å². The molecule has 222 valence electrons. The molecule has 10 heteroatoms. The number of allylic oxidation sites excluding steroid dienone is 3. The lowest BCUT2D eigenvalue weighted by atomic mass is 9.85. The highest BCUT2D eigenvalue weighted by molar-refractivity contribution is 6.08. The van der Waals surface area contributed by atoms with E-state index in [1.165, 1.54) is 0 Å². The van der Waals surface area contributed by atoms with Gasteiger partial charge >= 0.3 is 17.9 Å². The van der Waals surface area contributed by atoms with Crippen LogP contribution in [0, 0.1) is 13.8 Å². The van der Waals surface area contributed by atoms with Crippen LogP contribution >= 0.6 is 0 Å². The van der Waals surface area contributed by atoms with Gasteiger partial charge in [0.2, 0.25) is 0 Å². The van der Waals surface area contributed by atoms with Gasteiger partial charge < -0.3 is 25.3 Å². The lowest BCUT2D eigenvalue weighted by molar-refractivity contribution is -0.137. The zero-order valence-electron chi connectivity index (χ0n) is 24.8. The number of carboxylic acids is 3. The summed E-state index contributed by atoms with van der Waals surface area (Å²) in [5.41, 5.74) is 7.73. The SMILES string of the molecule is C=CC1=C(C)c2cc3nc(c(C(=O)O)c4[nH]c(cc5[nH]c(cc1n2)c(C)c5CC)c(C)c4C(=O)O)[C@H](CCC(=O)O)[C@H]3C. The predicted octanol–water partition coefficient (Wildman–Crippen LogP) is 6.76. The Labute approximate surface area is 247 Å². The number of carboxylic acid groups (broad SMARTS) is 3. The summed E-state index contributed by atoms with van der Waals surface area (Å²) in [5, 5.41) is 30.3. The van der Waals surface area contributed by atoms with Crippen LogP contribution in [0.4, 0.5) is 0 Å². The standard InChI is InChI=1S/C33H34N4O6/c1-7-18-14(3)21-11-23-16(5)20(9-10-27(38)39)30(36-23)29(33(42)43)31-28(32(40)41)17(6)24(37-31)13-26-19(8-2)15(4)22(35-26)12-25(18)34-21/h7,11-13,16,20,35,37H,1,8-10H2,2-6H3,(H,38,39)(H,40,41)(H,42,43)/t16-,20-/m1/s1. The summed E-state index contributed by atoms with van der Waals surface area (Å²) in [7, 11) is 0. The minimum atomic E-state index is -1.36. The van der Waals surface area contributed by atoms with Crippen molar-refractivity contribution in [2.24, 2.45) is 0 Å². The molecule has 0 unspecified atom stereocenters. The molecular formula is C33H34N4O6. The van der Waals surface area contributed by atoms with Crippen LogP contribution in [-0.2, 0) is 11.2 Å². The van der Waals surface area contributed by atoms with Gasteiger partial charge in [-0.1, -0.05) is 26.5 Å². The molecule has 0 saturated heterocycles. The number of nitrogens with one attached hydrogen (secondary N) is 2. The number of H-pyrrole nitrogens is 2. The number of nitrogens with zero attached hydrogens (tertiary/aromatic N) is 2. The summed E-state index contributed by atoms with van der Waals surface area (Å²) in [6, 6.07) is 5.58. The largest absolute Gasteiger partial charge is 0.481 e. The molecule has 0 spiro atoms. The highest BCUT2D eigenvalue weighted by atomic mass is 16.4. The maximum absolute atomic E-state index is 12.9. The van der Waals surface area contributed by atoms with Crippen LogP contribution in [0.1, 0.15) is 106 Å². The Morgan fingerprint density at radius 2 is 1.58 bits per heavy atom. The van der Waals surface area contributed by atoms with Crippen molar-refractivity contribution in [1.82, 2.24) is 19.9 Å². The molecule has 0 aromatic carbocycles. The van der Waals surface area contributed by atoms with E-state index in [9.17, 15) is 29.7 Å². The molecule has 2 aliphatic rings. The van der Waals surface area contributed by atoms with E-state index in [0.717, 1.165) is 33.3 Å². The first-order valence-corrected chi connectivity index (χ1v) is 14.2. The van der Waals surface area contributed by atoms with Gasteiger partial charge in [0, 0.05) is 46.1 Å². The molecule has 0 aliphatic carbocycles. The predicted molar refractivity (Wildman–Crippen MR) is 164 cm³/mol. The Morgan fingerprint density at radius 3 is 2.19 bits per heavy atom. The number of hydrogen-bond donors (Lipinski definition) is 5. The molecule has 0 amide bonds. The zero-order chi connectivity index (χ0) is 31.3. The quantitative estimate of drug-likeness (QED) is 0.203. The van der Waals surface area contributed by atoms with Gasteiger partial charge in [0.1, 0.15) is 5.56 Å². The average molecular weight is 583 g/mol. The molecule has 5 rings (SSSR count). The molecule has 3 aromatic rings. The van der Waals surface area contributed by atoms with E-state index < -0.39 is 23.8 Å². The Balaban J connectivity index is 2.05. The van der Waals surface area contributed by atoms with Crippen LogP contribution in [0.3, 0.4) is 0 Å². The van der Waals surface area contributed by atoms with E-state index in [1.54, 1.807) is 25.1 Å². The van der Waals surface area contributed by atoms with E-state index in [-0.39, 0.29) is 41.1 Å². The van der Waals surface area contributed by atoms with Crippen molar-refractivity contribution >= 4 is 51.1 Å². The smallest absolute Gasteiger partial charge is 0.339 e. The molecule has 10 nitrogen and oxygen atoms in total. The molecule has 0 fully saturated rings. The van der Waals surface area contributed by atoms with Gasteiger partial charge in [-0.3, -0.25) is 9.78 Å². The van der Waals surface area contributed by atoms with Crippen LogP contribution in [0.5, 0.6) is 0 Å². The number of aryl methyl sites for hydroxylation is 3. The van der Waals surface area contributed by atoms with Gasteiger partial charge in [0.15, 0.2) is 0 Å². The fourth-order valence-electron chi connectivity index (χ4n) is 6.33. The van der Waals surface area contributed by atoms with Gasteiger partial charge in [-0.25, -0.2) is 14.6 Å². The normalized spacial score (nSPS) is 16.4. The summed E-state index contributed by atoms with van der Waals surface area (Å²) in [6.07, 6.45) is 2.38. The van der Waals surface area contributed by atoms with E-state index >= 15 is 0 Å². The van der Waals surface area contributed by atoms with E-state index in [2.05, 4.69) is 16.5 Å². The molecule has 43 heavy (non-hydrogen) atoms. The van der Waals surface area contributed by atoms with E-state index in [0.29, 0.717) is 34.6 Å². The first-order valence-electron chi connectivity index (χ1n) is 14.2. The number of hydrogen-bond acceptors (Lipinski definition) is 5. The molecule has 2 atom stereocenters. The van der Waals surface area contributed by atoms with E-state index in [4.69, 9.17) is 9.97 Å². The number of rotatable bonds is 7. The third kappa shape index (κ3) is 4.92. The monoisotopic (exact) mass is 582 g/mol. The summed E-state index contributed by atoms with van der Waals surface area (Å²) < 4.78 is 0. The topological polar surface area (TPSA) is 169 Å². The van der Waals surface area contributed by atoms with Crippen molar-refractivity contribution in [1.29, 1.82) is 0 Å². The summed E-state index contributed by atoms with van der Waals surface area (Å²) in [5.74, 6) is -4.59. The summed E-state index contributed by atoms with van der Waals surface area (Å²) in [6.45, 7) is 13.5. The number of fused-ring (bicyclic) bond motifs is 8. The van der Waals surface area contributed by atoms with Crippen LogP contribution in [0.25, 0.3) is 33.2 Å². The van der Waals surface area contributed by atoms with Crippen molar-refractivity contribution in [3.8, 4) is 0 Å². The molecule has 0 radical (unpaired) electrons. The molecule has 0 saturated carbocycles. The van der Waals surface area contributed by atoms with Gasteiger partial charge in [0.25, 0.3) is 0 Å². The van der Waals surface area contributed by atoms with Gasteiger partial charge in [-0.15, -0.1) is 0 Å². The second kappa shape index (κ2) is 11.0. The highest BCUT2D eigenvalue weighted by Crippen LogP contribution is 2.43. The summed E-state index contributed by atoms with van der Waals surface area (Å²) >= 11 is 0. The number of aliphatic carboxylic acids is 1. The van der Waals surface area contributed by atoms with Gasteiger partial charge in [-0.2, -0.15) is 0 Å². The van der Waals surface area contributed by atoms with Crippen molar-refractivity contribution in [2.75, 3.05) is 0 Å². The minimum Gasteiger partial charge on any atom is -0.481 e. The molecule has 2 aliphatic heterocycles. The maximum Gasteiger partial charge on any atom is 0.339 e. The number of aromatic amines is 2. The molecular weight excluding hydrogens is 548 g/mol. The Morgan fingerprint density at radius 1 is 0.907 bits per heavy atom. The highest BCUT2D eigenvalue weighted by Gasteiger charge is 2.35. The maximum atomic E-state index is 12.9. The second-order valence-corrected chi connectivity index (χ2v) is 11.1. The van der Waals surface area contributed by atoms with Crippen LogP contribution in [-0.4, -0.2) is 53.2 Å². The lowest BCUT2D eigenvalue weighted by Crippen LogP contribution is -2.11. The third-order valence-electron chi connectivity index (χ3n) is 8.73. The Hall–Kier alpha value is -4.99. The molecule has 5 heterocycles. The lowest BCUT2D eigenvalue weighted by Gasteiger charge is -2.16. The fraction of sp³-hybridized carbons (Fsp3) is 0.303. The average Bonchev–Trinajstić information content (AvgIpc) is 3.60. The van der Waals surface area contributed by atoms with Crippen molar-refractivity contribution < 1.29 is 29.7 Å². The first-order chi connectivity index (χ1) is 20.4. The van der Waals surface area contributed by atoms with Crippen LogP contribution in [0.15, 0.2) is 30.9 Å². The number of aromatic carboxylic acids is 2. The van der Waals surface area contributed by atoms with Gasteiger partial charge in [-0.05, 0) is 74.1 Å². The zero-order valence-corrected chi connectivity index (χ0v) is 24.8. The first kappa shape index (κ1) is 29.5. The molecule has 8 bridgehead atoms. The summed E-state index contributed by atoms with van der Waals surface area (Å²) in [4.78, 5) is 53.3. The minimum absolute atomic E-state index is 0.0738. The molecule has 5 N–H and O–H groups in total. The van der Waals surface area contributed by atoms with Crippen molar-refractivity contribution in [3.05, 3.63) is 81.4 Å². The Kier molecular flexibility index (Phi) is 7.56. The molecule has 3 aromatic heterocycles. The second-order valence-electron chi connectivity index (χ2n) is 11.1. The number of carbonyl (C=O) groups is 3. The van der Waals surface area contributed by atoms with E-state index in [1.807, 2.05) is 33.8 Å². The van der Waals surface area contributed by atoms with Gasteiger partial charge in [0.05, 0.1) is 28.2 Å². The van der Waals surface area contributed by atoms with Crippen LogP contribution in [0.2, 0.25) is 0 Å². The number of aromatic nitrogens is 4. The third-order valence-corrected chi connectivity index (χ3v) is 8.73. The van der Waals surface area contributed by atoms with Crippen LogP contribution < -0.4 is 0 Å².